The molecule has 92 valence electrons. The summed E-state index contributed by atoms with van der Waals surface area (Å²) in [4.78, 5) is 0. The Labute approximate surface area is 96.3 Å². The Kier molecular flexibility index (Phi) is 2.08. The first-order valence-corrected chi connectivity index (χ1v) is 5.23. The molecule has 2 aliphatic rings. The summed E-state index contributed by atoms with van der Waals surface area (Å²) < 4.78 is 39.6. The summed E-state index contributed by atoms with van der Waals surface area (Å²) in [7, 11) is 0. The number of alkyl halides is 2. The lowest BCUT2D eigenvalue weighted by molar-refractivity contribution is -0.286. The molecule has 0 saturated carbocycles. The molecule has 2 heterocycles. The molecule has 0 atom stereocenters. The molecule has 1 aromatic carbocycles. The van der Waals surface area contributed by atoms with E-state index in [4.69, 9.17) is 10.5 Å². The fraction of sp³-hybridized carbons (Fsp3) is 0.455. The maximum atomic E-state index is 12.8. The fourth-order valence-electron chi connectivity index (χ4n) is 2.03. The smallest absolute Gasteiger partial charge is 0.395 e. The quantitative estimate of drug-likeness (QED) is 0.849. The first-order valence-electron chi connectivity index (χ1n) is 5.23. The third kappa shape index (κ3) is 1.56. The largest absolute Gasteiger partial charge is 0.586 e. The van der Waals surface area contributed by atoms with Crippen LogP contribution in [-0.4, -0.2) is 26.1 Å². The Morgan fingerprint density at radius 1 is 1.18 bits per heavy atom. The van der Waals surface area contributed by atoms with Crippen LogP contribution in [0, 0.1) is 0 Å². The predicted molar refractivity (Wildman–Crippen MR) is 54.2 cm³/mol. The van der Waals surface area contributed by atoms with Crippen molar-refractivity contribution in [1.29, 1.82) is 0 Å². The van der Waals surface area contributed by atoms with Gasteiger partial charge in [-0.15, -0.1) is 8.78 Å². The van der Waals surface area contributed by atoms with Crippen molar-refractivity contribution in [3.8, 4) is 11.5 Å². The van der Waals surface area contributed by atoms with E-state index in [0.29, 0.717) is 19.8 Å². The zero-order chi connectivity index (χ0) is 12.1. The minimum Gasteiger partial charge on any atom is -0.395 e. The molecular weight excluding hydrogens is 232 g/mol. The topological polar surface area (TPSA) is 53.7 Å². The average Bonchev–Trinajstić information content (AvgIpc) is 2.50. The summed E-state index contributed by atoms with van der Waals surface area (Å²) in [6.45, 7) is 1.40. The lowest BCUT2D eigenvalue weighted by Crippen LogP contribution is -2.52. The molecule has 1 aromatic rings. The van der Waals surface area contributed by atoms with Crippen molar-refractivity contribution in [2.45, 2.75) is 11.7 Å². The van der Waals surface area contributed by atoms with E-state index in [2.05, 4.69) is 9.47 Å². The van der Waals surface area contributed by atoms with E-state index < -0.39 is 6.29 Å². The summed E-state index contributed by atoms with van der Waals surface area (Å²) in [5.74, 6) is 0.0957. The van der Waals surface area contributed by atoms with Crippen molar-refractivity contribution in [2.75, 3.05) is 19.8 Å². The number of ether oxygens (including phenoxy) is 3. The third-order valence-corrected chi connectivity index (χ3v) is 3.16. The second kappa shape index (κ2) is 3.30. The van der Waals surface area contributed by atoms with Gasteiger partial charge in [0.25, 0.3) is 0 Å². The van der Waals surface area contributed by atoms with E-state index >= 15 is 0 Å². The summed E-state index contributed by atoms with van der Waals surface area (Å²) in [6.07, 6.45) is -3.58. The van der Waals surface area contributed by atoms with E-state index in [1.54, 1.807) is 12.1 Å². The van der Waals surface area contributed by atoms with Crippen molar-refractivity contribution in [3.63, 3.8) is 0 Å². The van der Waals surface area contributed by atoms with Gasteiger partial charge in [-0.25, -0.2) is 0 Å². The molecular formula is C11H11F2NO3. The number of hydrogen-bond acceptors (Lipinski definition) is 4. The summed E-state index contributed by atoms with van der Waals surface area (Å²) in [5.41, 5.74) is 6.26. The molecule has 2 N–H and O–H groups in total. The molecule has 6 heteroatoms. The molecule has 0 aromatic heterocycles. The Balaban J connectivity index is 1.96. The number of benzene rings is 1. The first-order chi connectivity index (χ1) is 8.05. The van der Waals surface area contributed by atoms with Crippen LogP contribution in [0.15, 0.2) is 18.2 Å². The van der Waals surface area contributed by atoms with E-state index in [1.807, 2.05) is 0 Å². The molecule has 17 heavy (non-hydrogen) atoms. The zero-order valence-electron chi connectivity index (χ0n) is 8.91. The minimum absolute atomic E-state index is 0.0474. The molecule has 3 rings (SSSR count). The lowest BCUT2D eigenvalue weighted by atomic mass is 9.78. The summed E-state index contributed by atoms with van der Waals surface area (Å²) >= 11 is 0. The Morgan fingerprint density at radius 3 is 2.47 bits per heavy atom. The van der Waals surface area contributed by atoms with Crippen LogP contribution in [0.4, 0.5) is 8.78 Å². The van der Waals surface area contributed by atoms with Crippen LogP contribution in [0.1, 0.15) is 5.56 Å². The molecule has 1 fully saturated rings. The van der Waals surface area contributed by atoms with Crippen molar-refractivity contribution in [3.05, 3.63) is 23.8 Å². The molecule has 1 saturated heterocycles. The van der Waals surface area contributed by atoms with Crippen LogP contribution in [0.25, 0.3) is 0 Å². The third-order valence-electron chi connectivity index (χ3n) is 3.16. The van der Waals surface area contributed by atoms with E-state index in [9.17, 15) is 8.78 Å². The molecule has 0 bridgehead atoms. The van der Waals surface area contributed by atoms with Crippen molar-refractivity contribution in [2.24, 2.45) is 5.73 Å². The SMILES string of the molecule is NCC1(c2ccc3c(c2)OC(F)(F)O3)COC1. The lowest BCUT2D eigenvalue weighted by Gasteiger charge is -2.41. The molecule has 0 radical (unpaired) electrons. The van der Waals surface area contributed by atoms with Gasteiger partial charge in [0.2, 0.25) is 0 Å². The van der Waals surface area contributed by atoms with Gasteiger partial charge in [-0.2, -0.15) is 0 Å². The number of fused-ring (bicyclic) bond motifs is 1. The van der Waals surface area contributed by atoms with Crippen LogP contribution >= 0.6 is 0 Å². The first kappa shape index (κ1) is 10.7. The van der Waals surface area contributed by atoms with E-state index in [-0.39, 0.29) is 16.9 Å². The monoisotopic (exact) mass is 243 g/mol. The van der Waals surface area contributed by atoms with Gasteiger partial charge < -0.3 is 19.9 Å². The van der Waals surface area contributed by atoms with Crippen LogP contribution in [0.5, 0.6) is 11.5 Å². The standard InChI is InChI=1S/C11H11F2NO3/c12-11(13)16-8-2-1-7(3-9(8)17-11)10(4-14)5-15-6-10/h1-3H,4-6,14H2. The molecule has 0 aliphatic carbocycles. The number of nitrogens with two attached hydrogens (primary N) is 1. The molecule has 0 spiro atoms. The van der Waals surface area contributed by atoms with Crippen molar-refractivity contribution >= 4 is 0 Å². The van der Waals surface area contributed by atoms with Crippen LogP contribution < -0.4 is 15.2 Å². The summed E-state index contributed by atoms with van der Waals surface area (Å²) in [6, 6.07) is 4.74. The highest BCUT2D eigenvalue weighted by molar-refractivity contribution is 5.48. The van der Waals surface area contributed by atoms with Crippen molar-refractivity contribution < 1.29 is 23.0 Å². The number of hydrogen-bond donors (Lipinski definition) is 1. The maximum Gasteiger partial charge on any atom is 0.586 e. The fourth-order valence-corrected chi connectivity index (χ4v) is 2.03. The maximum absolute atomic E-state index is 12.8. The second-order valence-corrected chi connectivity index (χ2v) is 4.31. The zero-order valence-corrected chi connectivity index (χ0v) is 8.91. The number of halogens is 2. The normalized spacial score (nSPS) is 23.2. The van der Waals surface area contributed by atoms with Gasteiger partial charge in [-0.3, -0.25) is 0 Å². The summed E-state index contributed by atoms with van der Waals surface area (Å²) in [5, 5.41) is 0. The van der Waals surface area contributed by atoms with Crippen LogP contribution in [0.2, 0.25) is 0 Å². The number of rotatable bonds is 2. The molecule has 0 unspecified atom stereocenters. The average molecular weight is 243 g/mol. The Hall–Kier alpha value is -1.40. The highest BCUT2D eigenvalue weighted by Crippen LogP contribution is 2.44. The van der Waals surface area contributed by atoms with E-state index in [0.717, 1.165) is 5.56 Å². The van der Waals surface area contributed by atoms with Gasteiger partial charge in [0.15, 0.2) is 11.5 Å². The second-order valence-electron chi connectivity index (χ2n) is 4.31. The van der Waals surface area contributed by atoms with Gasteiger partial charge in [-0.05, 0) is 17.7 Å². The van der Waals surface area contributed by atoms with Gasteiger partial charge in [-0.1, -0.05) is 6.07 Å². The molecule has 0 amide bonds. The van der Waals surface area contributed by atoms with Gasteiger partial charge in [0.05, 0.1) is 18.6 Å². The van der Waals surface area contributed by atoms with Gasteiger partial charge in [0.1, 0.15) is 0 Å². The van der Waals surface area contributed by atoms with Crippen LogP contribution in [-0.2, 0) is 10.2 Å². The highest BCUT2D eigenvalue weighted by Gasteiger charge is 2.45. The van der Waals surface area contributed by atoms with Gasteiger partial charge >= 0.3 is 6.29 Å². The van der Waals surface area contributed by atoms with Gasteiger partial charge in [0, 0.05) is 6.54 Å². The Morgan fingerprint density at radius 2 is 1.88 bits per heavy atom. The van der Waals surface area contributed by atoms with E-state index in [1.165, 1.54) is 6.07 Å². The molecule has 2 aliphatic heterocycles. The Bertz CT molecular complexity index is 455. The predicted octanol–water partition coefficient (Wildman–Crippen LogP) is 1.23. The van der Waals surface area contributed by atoms with Crippen molar-refractivity contribution in [1.82, 2.24) is 0 Å². The molecule has 4 nitrogen and oxygen atoms in total. The highest BCUT2D eigenvalue weighted by atomic mass is 19.3. The minimum atomic E-state index is -3.58. The van der Waals surface area contributed by atoms with Crippen LogP contribution in [0.3, 0.4) is 0 Å².